The molecule has 0 saturated carbocycles. The van der Waals surface area contributed by atoms with E-state index in [2.05, 4.69) is 65.7 Å². The molecule has 1 heterocycles. The second-order valence-electron chi connectivity index (χ2n) is 5.92. The van der Waals surface area contributed by atoms with E-state index in [1.807, 2.05) is 0 Å². The monoisotopic (exact) mass is 280 g/mol. The van der Waals surface area contributed by atoms with Crippen LogP contribution in [0.15, 0.2) is 48.5 Å². The number of benzene rings is 2. The van der Waals surface area contributed by atoms with Gasteiger partial charge >= 0.3 is 0 Å². The van der Waals surface area contributed by atoms with Crippen molar-refractivity contribution >= 4 is 5.69 Å². The maximum absolute atomic E-state index is 3.62. The van der Waals surface area contributed by atoms with Crippen molar-refractivity contribution in [3.63, 3.8) is 0 Å². The van der Waals surface area contributed by atoms with Crippen molar-refractivity contribution in [2.45, 2.75) is 32.9 Å². The van der Waals surface area contributed by atoms with Crippen molar-refractivity contribution in [1.82, 2.24) is 4.90 Å². The summed E-state index contributed by atoms with van der Waals surface area (Å²) < 4.78 is 0. The van der Waals surface area contributed by atoms with E-state index in [1.165, 1.54) is 48.3 Å². The molecule has 110 valence electrons. The van der Waals surface area contributed by atoms with E-state index in [0.717, 1.165) is 13.1 Å². The molecule has 2 aromatic carbocycles. The summed E-state index contributed by atoms with van der Waals surface area (Å²) in [4.78, 5) is 2.55. The van der Waals surface area contributed by atoms with Crippen molar-refractivity contribution in [2.75, 3.05) is 18.4 Å². The molecule has 1 saturated heterocycles. The largest absolute Gasteiger partial charge is 0.381 e. The molecule has 2 aromatic rings. The quantitative estimate of drug-likeness (QED) is 0.883. The van der Waals surface area contributed by atoms with Crippen LogP contribution in [0.1, 0.15) is 29.5 Å². The second kappa shape index (κ2) is 6.77. The van der Waals surface area contributed by atoms with Crippen molar-refractivity contribution in [3.05, 3.63) is 65.2 Å². The third kappa shape index (κ3) is 3.64. The van der Waals surface area contributed by atoms with E-state index in [0.29, 0.717) is 0 Å². The van der Waals surface area contributed by atoms with Crippen LogP contribution in [-0.2, 0) is 13.1 Å². The molecule has 1 N–H and O–H groups in total. The van der Waals surface area contributed by atoms with Gasteiger partial charge in [-0.05, 0) is 55.6 Å². The van der Waals surface area contributed by atoms with E-state index >= 15 is 0 Å². The fourth-order valence-corrected chi connectivity index (χ4v) is 3.01. The van der Waals surface area contributed by atoms with E-state index in [-0.39, 0.29) is 0 Å². The third-order valence-corrected chi connectivity index (χ3v) is 4.34. The molecule has 2 nitrogen and oxygen atoms in total. The molecule has 1 fully saturated rings. The SMILES string of the molecule is Cc1ccccc1CNc1ccccc1CN1CCCC1. The summed E-state index contributed by atoms with van der Waals surface area (Å²) in [5.41, 5.74) is 5.40. The molecule has 0 unspecified atom stereocenters. The summed E-state index contributed by atoms with van der Waals surface area (Å²) in [6.07, 6.45) is 2.69. The molecule has 0 amide bonds. The summed E-state index contributed by atoms with van der Waals surface area (Å²) >= 11 is 0. The predicted octanol–water partition coefficient (Wildman–Crippen LogP) is 4.20. The lowest BCUT2D eigenvalue weighted by Crippen LogP contribution is -2.19. The molecule has 3 rings (SSSR count). The number of hydrogen-bond acceptors (Lipinski definition) is 2. The van der Waals surface area contributed by atoms with Crippen LogP contribution in [0.4, 0.5) is 5.69 Å². The van der Waals surface area contributed by atoms with Gasteiger partial charge in [-0.2, -0.15) is 0 Å². The van der Waals surface area contributed by atoms with Gasteiger partial charge < -0.3 is 5.32 Å². The topological polar surface area (TPSA) is 15.3 Å². The first-order valence-corrected chi connectivity index (χ1v) is 7.91. The Balaban J connectivity index is 1.68. The third-order valence-electron chi connectivity index (χ3n) is 4.34. The molecule has 0 atom stereocenters. The number of nitrogens with one attached hydrogen (secondary N) is 1. The van der Waals surface area contributed by atoms with Gasteiger partial charge in [0.1, 0.15) is 0 Å². The van der Waals surface area contributed by atoms with E-state index in [1.54, 1.807) is 0 Å². The van der Waals surface area contributed by atoms with Gasteiger partial charge in [-0.15, -0.1) is 0 Å². The summed E-state index contributed by atoms with van der Waals surface area (Å²) in [6.45, 7) is 6.62. The van der Waals surface area contributed by atoms with Crippen LogP contribution in [0.5, 0.6) is 0 Å². The maximum atomic E-state index is 3.62. The van der Waals surface area contributed by atoms with E-state index in [9.17, 15) is 0 Å². The zero-order valence-electron chi connectivity index (χ0n) is 12.8. The van der Waals surface area contributed by atoms with Gasteiger partial charge in [-0.1, -0.05) is 42.5 Å². The Hall–Kier alpha value is -1.80. The zero-order chi connectivity index (χ0) is 14.5. The summed E-state index contributed by atoms with van der Waals surface area (Å²) in [5.74, 6) is 0. The number of aryl methyl sites for hydroxylation is 1. The fraction of sp³-hybridized carbons (Fsp3) is 0.368. The van der Waals surface area contributed by atoms with Gasteiger partial charge in [0.05, 0.1) is 0 Å². The van der Waals surface area contributed by atoms with Crippen molar-refractivity contribution in [2.24, 2.45) is 0 Å². The molecule has 2 heteroatoms. The van der Waals surface area contributed by atoms with Crippen LogP contribution < -0.4 is 5.32 Å². The van der Waals surface area contributed by atoms with Crippen LogP contribution in [0.2, 0.25) is 0 Å². The smallest absolute Gasteiger partial charge is 0.0403 e. The van der Waals surface area contributed by atoms with Crippen LogP contribution in [-0.4, -0.2) is 18.0 Å². The number of hydrogen-bond donors (Lipinski definition) is 1. The minimum absolute atomic E-state index is 0.893. The Bertz CT molecular complexity index is 586. The molecule has 1 aliphatic rings. The lowest BCUT2D eigenvalue weighted by molar-refractivity contribution is 0.332. The Morgan fingerprint density at radius 3 is 2.33 bits per heavy atom. The van der Waals surface area contributed by atoms with Gasteiger partial charge in [-0.25, -0.2) is 0 Å². The van der Waals surface area contributed by atoms with Gasteiger partial charge in [0.2, 0.25) is 0 Å². The first-order valence-electron chi connectivity index (χ1n) is 7.91. The fourth-order valence-electron chi connectivity index (χ4n) is 3.01. The molecule has 0 aliphatic carbocycles. The number of nitrogens with zero attached hydrogens (tertiary/aromatic N) is 1. The number of rotatable bonds is 5. The second-order valence-corrected chi connectivity index (χ2v) is 5.92. The van der Waals surface area contributed by atoms with Crippen LogP contribution in [0, 0.1) is 6.92 Å². The van der Waals surface area contributed by atoms with Crippen LogP contribution in [0.3, 0.4) is 0 Å². The molecular formula is C19H24N2. The minimum Gasteiger partial charge on any atom is -0.381 e. The van der Waals surface area contributed by atoms with Gasteiger partial charge in [0.25, 0.3) is 0 Å². The highest BCUT2D eigenvalue weighted by Gasteiger charge is 2.13. The molecule has 0 aromatic heterocycles. The number of para-hydroxylation sites is 1. The van der Waals surface area contributed by atoms with E-state index in [4.69, 9.17) is 0 Å². The standard InChI is InChI=1S/C19H24N2/c1-16-8-2-3-9-17(16)14-20-19-11-5-4-10-18(19)15-21-12-6-7-13-21/h2-5,8-11,20H,6-7,12-15H2,1H3. The van der Waals surface area contributed by atoms with Crippen molar-refractivity contribution in [3.8, 4) is 0 Å². The molecule has 0 spiro atoms. The lowest BCUT2D eigenvalue weighted by Gasteiger charge is -2.18. The predicted molar refractivity (Wildman–Crippen MR) is 89.5 cm³/mol. The average Bonchev–Trinajstić information content (AvgIpc) is 3.01. The highest BCUT2D eigenvalue weighted by atomic mass is 15.1. The normalized spacial score (nSPS) is 15.3. The van der Waals surface area contributed by atoms with Gasteiger partial charge in [-0.3, -0.25) is 4.90 Å². The Labute approximate surface area is 127 Å². The lowest BCUT2D eigenvalue weighted by atomic mass is 10.1. The first-order chi connectivity index (χ1) is 10.3. The average molecular weight is 280 g/mol. The zero-order valence-corrected chi connectivity index (χ0v) is 12.8. The molecule has 21 heavy (non-hydrogen) atoms. The Morgan fingerprint density at radius 1 is 0.905 bits per heavy atom. The van der Waals surface area contributed by atoms with Gasteiger partial charge in [0, 0.05) is 18.8 Å². The molecule has 0 radical (unpaired) electrons. The molecular weight excluding hydrogens is 256 g/mol. The number of likely N-dealkylation sites (tertiary alicyclic amines) is 1. The van der Waals surface area contributed by atoms with Gasteiger partial charge in [0.15, 0.2) is 0 Å². The van der Waals surface area contributed by atoms with Crippen LogP contribution >= 0.6 is 0 Å². The highest BCUT2D eigenvalue weighted by Crippen LogP contribution is 2.21. The molecule has 1 aliphatic heterocycles. The number of anilines is 1. The first kappa shape index (κ1) is 14.2. The van der Waals surface area contributed by atoms with Crippen LogP contribution in [0.25, 0.3) is 0 Å². The summed E-state index contributed by atoms with van der Waals surface area (Å²) in [5, 5.41) is 3.62. The van der Waals surface area contributed by atoms with Crippen molar-refractivity contribution < 1.29 is 0 Å². The maximum Gasteiger partial charge on any atom is 0.0403 e. The Kier molecular flexibility index (Phi) is 4.56. The van der Waals surface area contributed by atoms with E-state index < -0.39 is 0 Å². The summed E-state index contributed by atoms with van der Waals surface area (Å²) in [6, 6.07) is 17.3. The Morgan fingerprint density at radius 2 is 1.57 bits per heavy atom. The summed E-state index contributed by atoms with van der Waals surface area (Å²) in [7, 11) is 0. The highest BCUT2D eigenvalue weighted by molar-refractivity contribution is 5.51. The minimum atomic E-state index is 0.893. The van der Waals surface area contributed by atoms with Crippen molar-refractivity contribution in [1.29, 1.82) is 0 Å². The molecule has 0 bridgehead atoms.